The molecule has 0 aliphatic heterocycles. The lowest BCUT2D eigenvalue weighted by atomic mass is 10.2. The standard InChI is InChI=1S/C21H25ClN8O6S/c1-12(18(36-4)19-24-9-13(22)10-25-19)37(32,33)29-21-28-27-20(15-6-5-7-17(26-15)35-3)30(21)11-14(31)8-16(23)34-2/h5-10,12,18H,11,23H2,1-4H3,(H,28,29)/t12-,18-/m0/s1. The number of sulfonamides is 1. The maximum absolute atomic E-state index is 13.3. The lowest BCUT2D eigenvalue weighted by Gasteiger charge is -2.22. The normalized spacial score (nSPS) is 13.6. The summed E-state index contributed by atoms with van der Waals surface area (Å²) in [5.41, 5.74) is 5.87. The summed E-state index contributed by atoms with van der Waals surface area (Å²) in [5.74, 6) is -0.379. The molecule has 0 saturated heterocycles. The van der Waals surface area contributed by atoms with E-state index in [4.69, 9.17) is 31.5 Å². The monoisotopic (exact) mass is 552 g/mol. The Morgan fingerprint density at radius 1 is 1.22 bits per heavy atom. The Morgan fingerprint density at radius 2 is 1.92 bits per heavy atom. The van der Waals surface area contributed by atoms with Gasteiger partial charge in [0, 0.05) is 31.6 Å². The molecule has 0 bridgehead atoms. The van der Waals surface area contributed by atoms with Crippen molar-refractivity contribution in [3.05, 3.63) is 53.4 Å². The number of ketones is 1. The van der Waals surface area contributed by atoms with E-state index in [1.54, 1.807) is 18.2 Å². The van der Waals surface area contributed by atoms with Crippen LogP contribution < -0.4 is 15.2 Å². The van der Waals surface area contributed by atoms with E-state index in [2.05, 4.69) is 29.9 Å². The topological polar surface area (TPSA) is 186 Å². The third-order valence-corrected chi connectivity index (χ3v) is 6.95. The zero-order valence-corrected chi connectivity index (χ0v) is 21.9. The molecule has 0 spiro atoms. The molecular weight excluding hydrogens is 528 g/mol. The van der Waals surface area contributed by atoms with E-state index in [9.17, 15) is 13.2 Å². The van der Waals surface area contributed by atoms with Crippen molar-refractivity contribution < 1.29 is 27.4 Å². The van der Waals surface area contributed by atoms with E-state index in [0.717, 1.165) is 6.08 Å². The summed E-state index contributed by atoms with van der Waals surface area (Å²) in [7, 11) is -0.108. The number of allylic oxidation sites excluding steroid dienone is 1. The quantitative estimate of drug-likeness (QED) is 0.243. The lowest BCUT2D eigenvalue weighted by Crippen LogP contribution is -2.33. The number of carbonyl (C=O) groups is 1. The van der Waals surface area contributed by atoms with Crippen LogP contribution in [0, 0.1) is 0 Å². The molecule has 37 heavy (non-hydrogen) atoms. The second-order valence-electron chi connectivity index (χ2n) is 7.48. The molecule has 3 aromatic rings. The van der Waals surface area contributed by atoms with Crippen LogP contribution in [0.2, 0.25) is 5.02 Å². The summed E-state index contributed by atoms with van der Waals surface area (Å²) in [4.78, 5) is 25.0. The minimum Gasteiger partial charge on any atom is -0.483 e. The van der Waals surface area contributed by atoms with E-state index in [0.29, 0.717) is 0 Å². The summed E-state index contributed by atoms with van der Waals surface area (Å²) < 4.78 is 45.6. The Hall–Kier alpha value is -3.82. The van der Waals surface area contributed by atoms with Gasteiger partial charge in [-0.25, -0.2) is 23.4 Å². The Labute approximate surface area is 217 Å². The molecular formula is C21H25ClN8O6S. The van der Waals surface area contributed by atoms with Crippen LogP contribution in [0.5, 0.6) is 5.88 Å². The van der Waals surface area contributed by atoms with Crippen molar-refractivity contribution in [3.8, 4) is 17.4 Å². The summed E-state index contributed by atoms with van der Waals surface area (Å²) in [5, 5.41) is 7.10. The van der Waals surface area contributed by atoms with Gasteiger partial charge in [0.15, 0.2) is 23.3 Å². The molecule has 0 aliphatic carbocycles. The maximum Gasteiger partial charge on any atom is 0.240 e. The lowest BCUT2D eigenvalue weighted by molar-refractivity contribution is -0.115. The van der Waals surface area contributed by atoms with Crippen molar-refractivity contribution in [2.75, 3.05) is 26.1 Å². The number of nitrogens with zero attached hydrogens (tertiary/aromatic N) is 6. The molecule has 0 radical (unpaired) electrons. The minimum atomic E-state index is -4.18. The third-order valence-electron chi connectivity index (χ3n) is 5.06. The van der Waals surface area contributed by atoms with Crippen molar-refractivity contribution in [3.63, 3.8) is 0 Å². The summed E-state index contributed by atoms with van der Waals surface area (Å²) in [6.07, 6.45) is 2.68. The summed E-state index contributed by atoms with van der Waals surface area (Å²) in [6, 6.07) is 4.88. The van der Waals surface area contributed by atoms with Gasteiger partial charge >= 0.3 is 0 Å². The second kappa shape index (κ2) is 11.9. The van der Waals surface area contributed by atoms with Crippen LogP contribution in [0.15, 0.2) is 42.6 Å². The molecule has 0 aromatic carbocycles. The van der Waals surface area contributed by atoms with Crippen LogP contribution in [-0.2, 0) is 30.8 Å². The Bertz CT molecular complexity index is 1380. The average Bonchev–Trinajstić information content (AvgIpc) is 3.26. The number of pyridine rings is 1. The molecule has 0 fully saturated rings. The highest BCUT2D eigenvalue weighted by Crippen LogP contribution is 2.26. The highest BCUT2D eigenvalue weighted by Gasteiger charge is 2.34. The van der Waals surface area contributed by atoms with Gasteiger partial charge in [-0.15, -0.1) is 10.2 Å². The molecule has 0 saturated carbocycles. The largest absolute Gasteiger partial charge is 0.483 e. The number of carbonyl (C=O) groups excluding carboxylic acids is 1. The van der Waals surface area contributed by atoms with E-state index >= 15 is 0 Å². The van der Waals surface area contributed by atoms with Gasteiger partial charge in [0.2, 0.25) is 21.9 Å². The zero-order valence-electron chi connectivity index (χ0n) is 20.3. The highest BCUT2D eigenvalue weighted by molar-refractivity contribution is 7.93. The number of anilines is 1. The second-order valence-corrected chi connectivity index (χ2v) is 9.96. The molecule has 3 rings (SSSR count). The van der Waals surface area contributed by atoms with Crippen molar-refractivity contribution in [1.29, 1.82) is 0 Å². The number of ether oxygens (including phenoxy) is 3. The van der Waals surface area contributed by atoms with Gasteiger partial charge in [-0.3, -0.25) is 14.1 Å². The van der Waals surface area contributed by atoms with Gasteiger partial charge in [-0.2, -0.15) is 0 Å². The fourth-order valence-corrected chi connectivity index (χ4v) is 4.40. The number of nitrogens with one attached hydrogen (secondary N) is 1. The van der Waals surface area contributed by atoms with Crippen LogP contribution in [0.4, 0.5) is 5.95 Å². The molecule has 3 N–H and O–H groups in total. The smallest absolute Gasteiger partial charge is 0.240 e. The first-order valence-electron chi connectivity index (χ1n) is 10.6. The fraction of sp³-hybridized carbons (Fsp3) is 0.333. The molecule has 3 aromatic heterocycles. The molecule has 0 amide bonds. The molecule has 0 aliphatic rings. The number of methoxy groups -OCH3 is 3. The number of aromatic nitrogens is 6. The maximum atomic E-state index is 13.3. The van der Waals surface area contributed by atoms with E-state index in [1.807, 2.05) is 0 Å². The van der Waals surface area contributed by atoms with Gasteiger partial charge in [0.05, 0.1) is 25.8 Å². The van der Waals surface area contributed by atoms with Gasteiger partial charge in [0.1, 0.15) is 17.0 Å². The molecule has 14 nitrogen and oxygen atoms in total. The zero-order chi connectivity index (χ0) is 27.2. The Balaban J connectivity index is 2.00. The van der Waals surface area contributed by atoms with Crippen molar-refractivity contribution in [2.45, 2.75) is 24.8 Å². The van der Waals surface area contributed by atoms with Crippen LogP contribution in [-0.4, -0.2) is 70.5 Å². The Kier molecular flexibility index (Phi) is 8.96. The fourth-order valence-electron chi connectivity index (χ4n) is 3.15. The first-order chi connectivity index (χ1) is 17.6. The molecule has 3 heterocycles. The number of halogens is 1. The summed E-state index contributed by atoms with van der Waals surface area (Å²) >= 11 is 5.83. The van der Waals surface area contributed by atoms with E-state index < -0.39 is 27.2 Å². The Morgan fingerprint density at radius 3 is 2.54 bits per heavy atom. The van der Waals surface area contributed by atoms with Gasteiger partial charge in [-0.05, 0) is 13.0 Å². The van der Waals surface area contributed by atoms with Gasteiger partial charge in [0.25, 0.3) is 0 Å². The SMILES string of the molecule is COC(N)=CC(=O)Cn1c(NS(=O)(=O)[C@@H](C)[C@H](OC)c2ncc(Cl)cn2)nnc1-c1cccc(OC)n1. The molecule has 198 valence electrons. The number of nitrogens with two attached hydrogens (primary N) is 1. The van der Waals surface area contributed by atoms with Crippen LogP contribution in [0.1, 0.15) is 18.9 Å². The van der Waals surface area contributed by atoms with E-state index in [1.165, 1.54) is 45.2 Å². The van der Waals surface area contributed by atoms with Crippen LogP contribution >= 0.6 is 11.6 Å². The van der Waals surface area contributed by atoms with E-state index in [-0.39, 0.29) is 46.6 Å². The third kappa shape index (κ3) is 6.69. The minimum absolute atomic E-state index is 0.103. The molecule has 16 heteroatoms. The van der Waals surface area contributed by atoms with Crippen molar-refractivity contribution in [1.82, 2.24) is 29.7 Å². The number of rotatable bonds is 12. The number of hydrogen-bond donors (Lipinski definition) is 2. The first kappa shape index (κ1) is 27.8. The molecule has 2 atom stereocenters. The van der Waals surface area contributed by atoms with Gasteiger partial charge in [-0.1, -0.05) is 17.7 Å². The first-order valence-corrected chi connectivity index (χ1v) is 12.5. The number of hydrogen-bond acceptors (Lipinski definition) is 12. The van der Waals surface area contributed by atoms with Crippen LogP contribution in [0.3, 0.4) is 0 Å². The summed E-state index contributed by atoms with van der Waals surface area (Å²) in [6.45, 7) is 1.03. The van der Waals surface area contributed by atoms with Gasteiger partial charge < -0.3 is 19.9 Å². The van der Waals surface area contributed by atoms with Crippen LogP contribution in [0.25, 0.3) is 11.5 Å². The highest BCUT2D eigenvalue weighted by atomic mass is 35.5. The predicted octanol–water partition coefficient (Wildman–Crippen LogP) is 1.33. The average molecular weight is 553 g/mol. The van der Waals surface area contributed by atoms with Crippen molar-refractivity contribution >= 4 is 33.4 Å². The van der Waals surface area contributed by atoms with Crippen molar-refractivity contribution in [2.24, 2.45) is 5.73 Å². The predicted molar refractivity (Wildman–Crippen MR) is 133 cm³/mol. The molecule has 0 unspecified atom stereocenters.